The highest BCUT2D eigenvalue weighted by molar-refractivity contribution is 7.98. The van der Waals surface area contributed by atoms with Crippen LogP contribution in [0.3, 0.4) is 0 Å². The number of nitriles is 1. The third kappa shape index (κ3) is 3.11. The molecule has 2 unspecified atom stereocenters. The van der Waals surface area contributed by atoms with Crippen LogP contribution in [0.15, 0.2) is 0 Å². The molecule has 15 heavy (non-hydrogen) atoms. The molecule has 1 aliphatic rings. The molecule has 0 saturated carbocycles. The van der Waals surface area contributed by atoms with Crippen molar-refractivity contribution in [1.82, 2.24) is 4.90 Å². The predicted octanol–water partition coefficient (Wildman–Crippen LogP) is 0.736. The minimum Gasteiger partial charge on any atom is -0.376 e. The molecule has 1 fully saturated rings. The van der Waals surface area contributed by atoms with Gasteiger partial charge in [-0.3, -0.25) is 4.79 Å². The van der Waals surface area contributed by atoms with Crippen molar-refractivity contribution < 1.29 is 9.53 Å². The second kappa shape index (κ2) is 5.99. The van der Waals surface area contributed by atoms with Crippen LogP contribution >= 0.6 is 11.8 Å². The summed E-state index contributed by atoms with van der Waals surface area (Å²) in [6, 6.07) is 1.70. The van der Waals surface area contributed by atoms with E-state index in [0.717, 1.165) is 5.75 Å². The zero-order chi connectivity index (χ0) is 11.3. The fraction of sp³-hybridized carbons (Fsp3) is 0.800. The van der Waals surface area contributed by atoms with E-state index in [9.17, 15) is 4.79 Å². The highest BCUT2D eigenvalue weighted by Crippen LogP contribution is 2.13. The Bertz CT molecular complexity index is 265. The molecule has 5 heteroatoms. The molecule has 2 atom stereocenters. The van der Waals surface area contributed by atoms with Crippen molar-refractivity contribution in [3.8, 4) is 6.07 Å². The van der Waals surface area contributed by atoms with Crippen LogP contribution < -0.4 is 0 Å². The monoisotopic (exact) mass is 228 g/mol. The van der Waals surface area contributed by atoms with Gasteiger partial charge in [-0.1, -0.05) is 6.92 Å². The van der Waals surface area contributed by atoms with Gasteiger partial charge < -0.3 is 9.64 Å². The molecule has 0 radical (unpaired) electrons. The average molecular weight is 228 g/mol. The van der Waals surface area contributed by atoms with Gasteiger partial charge >= 0.3 is 0 Å². The number of ether oxygens (including phenoxy) is 1. The fourth-order valence-electron chi connectivity index (χ4n) is 1.58. The van der Waals surface area contributed by atoms with Crippen LogP contribution in [0.5, 0.6) is 0 Å². The molecule has 4 nitrogen and oxygen atoms in total. The standard InChI is InChI=1S/C10H16N2O2S/c1-8(7-15-2)10(13)12-3-4-14-6-9(12)5-11/h8-9H,3-4,6-7H2,1-2H3. The summed E-state index contributed by atoms with van der Waals surface area (Å²) in [5, 5.41) is 8.89. The molecule has 1 aliphatic heterocycles. The molecular weight excluding hydrogens is 212 g/mol. The second-order valence-corrected chi connectivity index (χ2v) is 4.52. The Morgan fingerprint density at radius 3 is 3.13 bits per heavy atom. The Morgan fingerprint density at radius 2 is 2.53 bits per heavy atom. The number of hydrogen-bond acceptors (Lipinski definition) is 4. The van der Waals surface area contributed by atoms with Gasteiger partial charge in [-0.2, -0.15) is 17.0 Å². The quantitative estimate of drug-likeness (QED) is 0.715. The Morgan fingerprint density at radius 1 is 1.80 bits per heavy atom. The van der Waals surface area contributed by atoms with Crippen molar-refractivity contribution in [3.63, 3.8) is 0 Å². The van der Waals surface area contributed by atoms with Crippen LogP contribution in [0.25, 0.3) is 0 Å². The van der Waals surface area contributed by atoms with E-state index in [1.165, 1.54) is 0 Å². The van der Waals surface area contributed by atoms with Gasteiger partial charge in [-0.25, -0.2) is 0 Å². The lowest BCUT2D eigenvalue weighted by Crippen LogP contribution is -2.50. The van der Waals surface area contributed by atoms with Gasteiger partial charge in [0.25, 0.3) is 0 Å². The summed E-state index contributed by atoms with van der Waals surface area (Å²) >= 11 is 1.65. The molecule has 0 bridgehead atoms. The summed E-state index contributed by atoms with van der Waals surface area (Å²) in [5.41, 5.74) is 0. The van der Waals surface area contributed by atoms with Crippen LogP contribution in [0.4, 0.5) is 0 Å². The Balaban J connectivity index is 2.60. The summed E-state index contributed by atoms with van der Waals surface area (Å²) in [6.07, 6.45) is 1.98. The number of rotatable bonds is 3. The molecule has 1 saturated heterocycles. The van der Waals surface area contributed by atoms with E-state index in [4.69, 9.17) is 10.00 Å². The molecule has 1 amide bonds. The van der Waals surface area contributed by atoms with Gasteiger partial charge in [0, 0.05) is 18.2 Å². The van der Waals surface area contributed by atoms with E-state index in [0.29, 0.717) is 19.8 Å². The maximum absolute atomic E-state index is 12.0. The number of hydrogen-bond donors (Lipinski definition) is 0. The van der Waals surface area contributed by atoms with Gasteiger partial charge in [-0.05, 0) is 6.26 Å². The smallest absolute Gasteiger partial charge is 0.227 e. The number of nitrogens with zero attached hydrogens (tertiary/aromatic N) is 2. The SMILES string of the molecule is CSCC(C)C(=O)N1CCOCC1C#N. The number of morpholine rings is 1. The van der Waals surface area contributed by atoms with E-state index in [2.05, 4.69) is 6.07 Å². The number of carbonyl (C=O) groups excluding carboxylic acids is 1. The lowest BCUT2D eigenvalue weighted by Gasteiger charge is -2.33. The van der Waals surface area contributed by atoms with Crippen molar-refractivity contribution in [2.24, 2.45) is 5.92 Å². The van der Waals surface area contributed by atoms with Crippen molar-refractivity contribution in [1.29, 1.82) is 5.26 Å². The summed E-state index contributed by atoms with van der Waals surface area (Å²) in [7, 11) is 0. The maximum atomic E-state index is 12.0. The number of carbonyl (C=O) groups is 1. The first-order valence-corrected chi connectivity index (χ1v) is 6.37. The minimum atomic E-state index is -0.407. The molecule has 0 aromatic rings. The first-order chi connectivity index (χ1) is 7.20. The lowest BCUT2D eigenvalue weighted by molar-refractivity contribution is -0.140. The van der Waals surface area contributed by atoms with Crippen LogP contribution in [0, 0.1) is 17.2 Å². The minimum absolute atomic E-state index is 0.0195. The van der Waals surface area contributed by atoms with Crippen LogP contribution in [0.1, 0.15) is 6.92 Å². The second-order valence-electron chi connectivity index (χ2n) is 3.61. The van der Waals surface area contributed by atoms with Crippen molar-refractivity contribution in [3.05, 3.63) is 0 Å². The molecule has 0 N–H and O–H groups in total. The first kappa shape index (κ1) is 12.3. The highest BCUT2D eigenvalue weighted by atomic mass is 32.2. The maximum Gasteiger partial charge on any atom is 0.227 e. The van der Waals surface area contributed by atoms with Crippen molar-refractivity contribution in [2.75, 3.05) is 31.8 Å². The molecule has 1 rings (SSSR count). The third-order valence-electron chi connectivity index (χ3n) is 2.40. The van der Waals surface area contributed by atoms with Crippen LogP contribution in [0.2, 0.25) is 0 Å². The van der Waals surface area contributed by atoms with E-state index >= 15 is 0 Å². The highest BCUT2D eigenvalue weighted by Gasteiger charge is 2.29. The lowest BCUT2D eigenvalue weighted by atomic mass is 10.1. The zero-order valence-corrected chi connectivity index (χ0v) is 9.92. The number of amides is 1. The summed E-state index contributed by atoms with van der Waals surface area (Å²) in [6.45, 7) is 3.32. The molecular formula is C10H16N2O2S. The normalized spacial score (nSPS) is 23.3. The van der Waals surface area contributed by atoms with Gasteiger partial charge in [-0.15, -0.1) is 0 Å². The fourth-order valence-corrected chi connectivity index (χ4v) is 2.22. The van der Waals surface area contributed by atoms with Crippen LogP contribution in [-0.4, -0.2) is 48.6 Å². The van der Waals surface area contributed by atoms with Crippen LogP contribution in [-0.2, 0) is 9.53 Å². The largest absolute Gasteiger partial charge is 0.376 e. The molecule has 1 heterocycles. The van der Waals surface area contributed by atoms with Gasteiger partial charge in [0.2, 0.25) is 5.91 Å². The molecule has 0 aliphatic carbocycles. The number of thioether (sulfide) groups is 1. The Kier molecular flexibility index (Phi) is 4.92. The summed E-state index contributed by atoms with van der Waals surface area (Å²) in [5.74, 6) is 0.849. The first-order valence-electron chi connectivity index (χ1n) is 4.97. The topological polar surface area (TPSA) is 53.3 Å². The molecule has 0 spiro atoms. The van der Waals surface area contributed by atoms with E-state index in [1.54, 1.807) is 16.7 Å². The van der Waals surface area contributed by atoms with E-state index < -0.39 is 6.04 Å². The average Bonchev–Trinajstić information content (AvgIpc) is 2.28. The van der Waals surface area contributed by atoms with Gasteiger partial charge in [0.05, 0.1) is 19.3 Å². The predicted molar refractivity (Wildman–Crippen MR) is 59.5 cm³/mol. The van der Waals surface area contributed by atoms with Gasteiger partial charge in [0.1, 0.15) is 6.04 Å². The molecule has 0 aromatic carbocycles. The van der Waals surface area contributed by atoms with Gasteiger partial charge in [0.15, 0.2) is 0 Å². The Labute approximate surface area is 94.6 Å². The summed E-state index contributed by atoms with van der Waals surface area (Å²) in [4.78, 5) is 13.6. The molecule has 84 valence electrons. The zero-order valence-electron chi connectivity index (χ0n) is 9.10. The Hall–Kier alpha value is -0.730. The summed E-state index contributed by atoms with van der Waals surface area (Å²) < 4.78 is 5.17. The van der Waals surface area contributed by atoms with E-state index in [-0.39, 0.29) is 11.8 Å². The third-order valence-corrected chi connectivity index (χ3v) is 3.23. The van der Waals surface area contributed by atoms with E-state index in [1.807, 2.05) is 13.2 Å². The van der Waals surface area contributed by atoms with Crippen molar-refractivity contribution >= 4 is 17.7 Å². The van der Waals surface area contributed by atoms with Crippen molar-refractivity contribution in [2.45, 2.75) is 13.0 Å². The molecule has 0 aromatic heterocycles.